The highest BCUT2D eigenvalue weighted by molar-refractivity contribution is 9.10. The molecule has 1 N–H and O–H groups in total. The van der Waals surface area contributed by atoms with E-state index in [4.69, 9.17) is 0 Å². The molecule has 0 atom stereocenters. The first-order chi connectivity index (χ1) is 8.08. The lowest BCUT2D eigenvalue weighted by Gasteiger charge is -2.15. The Labute approximate surface area is 114 Å². The Hall–Kier alpha value is -0.550. The number of hydrogen-bond donors (Lipinski definition) is 2. The summed E-state index contributed by atoms with van der Waals surface area (Å²) >= 11 is 7.30. The zero-order chi connectivity index (χ0) is 12.5. The minimum Gasteiger partial charge on any atom is -0.355 e. The fourth-order valence-electron chi connectivity index (χ4n) is 1.94. The van der Waals surface area contributed by atoms with Crippen LogP contribution in [0.1, 0.15) is 18.4 Å². The number of halogens is 2. The van der Waals surface area contributed by atoms with Crippen LogP contribution >= 0.6 is 28.6 Å². The quantitative estimate of drug-likeness (QED) is 0.821. The smallest absolute Gasteiger partial charge is 0.230 e. The normalized spacial score (nSPS) is 16.6. The second-order valence-corrected chi connectivity index (χ2v) is 5.58. The summed E-state index contributed by atoms with van der Waals surface area (Å²) in [6.07, 6.45) is 1.56. The molecule has 0 bridgehead atoms. The maximum Gasteiger partial charge on any atom is 0.230 e. The van der Waals surface area contributed by atoms with E-state index in [9.17, 15) is 9.18 Å². The van der Waals surface area contributed by atoms with E-state index in [1.165, 1.54) is 12.1 Å². The van der Waals surface area contributed by atoms with Crippen molar-refractivity contribution in [1.29, 1.82) is 0 Å². The van der Waals surface area contributed by atoms with Crippen molar-refractivity contribution in [3.05, 3.63) is 34.1 Å². The van der Waals surface area contributed by atoms with Crippen molar-refractivity contribution >= 4 is 34.5 Å². The van der Waals surface area contributed by atoms with Gasteiger partial charge in [-0.25, -0.2) is 4.39 Å². The third-order valence-electron chi connectivity index (χ3n) is 3.00. The molecule has 0 spiro atoms. The summed E-state index contributed by atoms with van der Waals surface area (Å²) in [5, 5.41) is 2.82. The van der Waals surface area contributed by atoms with E-state index in [1.54, 1.807) is 0 Å². The summed E-state index contributed by atoms with van der Waals surface area (Å²) in [7, 11) is 0. The maximum atomic E-state index is 13.3. The number of benzene rings is 1. The van der Waals surface area contributed by atoms with Crippen LogP contribution in [0.3, 0.4) is 0 Å². The van der Waals surface area contributed by atoms with Crippen molar-refractivity contribution in [1.82, 2.24) is 5.32 Å². The molecule has 0 unspecified atom stereocenters. The van der Waals surface area contributed by atoms with E-state index in [2.05, 4.69) is 33.9 Å². The molecule has 2 nitrogen and oxygen atoms in total. The lowest BCUT2D eigenvalue weighted by molar-refractivity contribution is -0.123. The number of carbonyl (C=O) groups excluding carboxylic acids is 1. The minimum absolute atomic E-state index is 0.0240. The fraction of sp³-hybridized carbons (Fsp3) is 0.417. The molecule has 2 rings (SSSR count). The highest BCUT2D eigenvalue weighted by Gasteiger charge is 2.51. The lowest BCUT2D eigenvalue weighted by Crippen LogP contribution is -2.35. The summed E-state index contributed by atoms with van der Waals surface area (Å²) in [6, 6.07) is 4.65. The van der Waals surface area contributed by atoms with Crippen LogP contribution in [0.25, 0.3) is 0 Å². The monoisotopic (exact) mass is 317 g/mol. The Balaban J connectivity index is 2.23. The molecule has 1 aromatic carbocycles. The fourth-order valence-corrected chi connectivity index (χ4v) is 2.52. The number of nitrogens with one attached hydrogen (secondary N) is 1. The van der Waals surface area contributed by atoms with Crippen LogP contribution in [-0.4, -0.2) is 18.2 Å². The van der Waals surface area contributed by atoms with Gasteiger partial charge >= 0.3 is 0 Å². The molecule has 0 aliphatic heterocycles. The molecule has 0 heterocycles. The van der Waals surface area contributed by atoms with Crippen LogP contribution in [0.2, 0.25) is 0 Å². The van der Waals surface area contributed by atoms with Gasteiger partial charge in [0.1, 0.15) is 5.82 Å². The Morgan fingerprint density at radius 1 is 1.47 bits per heavy atom. The summed E-state index contributed by atoms with van der Waals surface area (Å²) in [4.78, 5) is 12.0. The average molecular weight is 318 g/mol. The van der Waals surface area contributed by atoms with Gasteiger partial charge in [-0.3, -0.25) is 4.79 Å². The van der Waals surface area contributed by atoms with Gasteiger partial charge in [0.05, 0.1) is 5.41 Å². The number of thiol groups is 1. The maximum absolute atomic E-state index is 13.3. The summed E-state index contributed by atoms with van der Waals surface area (Å²) in [6.45, 7) is 0.542. The molecule has 1 fully saturated rings. The van der Waals surface area contributed by atoms with Gasteiger partial charge in [-0.2, -0.15) is 12.6 Å². The Kier molecular flexibility index (Phi) is 3.78. The molecule has 1 saturated carbocycles. The van der Waals surface area contributed by atoms with Crippen LogP contribution in [0, 0.1) is 5.82 Å². The molecule has 92 valence electrons. The van der Waals surface area contributed by atoms with Crippen LogP contribution in [0.4, 0.5) is 4.39 Å². The minimum atomic E-state index is -0.520. The first-order valence-electron chi connectivity index (χ1n) is 5.44. The Morgan fingerprint density at radius 2 is 2.18 bits per heavy atom. The molecular weight excluding hydrogens is 305 g/mol. The molecule has 17 heavy (non-hydrogen) atoms. The Bertz CT molecular complexity index is 428. The number of amides is 1. The first kappa shape index (κ1) is 12.9. The standard InChI is InChI=1S/C12H13BrFNOS/c13-9-5-8(6-10(14)7-9)12(1-2-12)11(16)15-3-4-17/h5-7,17H,1-4H2,(H,15,16). The first-order valence-corrected chi connectivity index (χ1v) is 6.87. The van der Waals surface area contributed by atoms with Gasteiger partial charge in [0.2, 0.25) is 5.91 Å². The van der Waals surface area contributed by atoms with Gasteiger partial charge in [0.15, 0.2) is 0 Å². The topological polar surface area (TPSA) is 29.1 Å². The van der Waals surface area contributed by atoms with Crippen LogP contribution in [0.15, 0.2) is 22.7 Å². The molecule has 1 aliphatic rings. The van der Waals surface area contributed by atoms with Crippen LogP contribution in [-0.2, 0) is 10.2 Å². The summed E-state index contributed by atoms with van der Waals surface area (Å²) < 4.78 is 14.0. The van der Waals surface area contributed by atoms with E-state index in [1.807, 2.05) is 6.07 Å². The average Bonchev–Trinajstić information content (AvgIpc) is 3.05. The molecular formula is C12H13BrFNOS. The summed E-state index contributed by atoms with van der Waals surface area (Å²) in [5.41, 5.74) is 0.231. The number of carbonyl (C=O) groups is 1. The van der Waals surface area contributed by atoms with Gasteiger partial charge in [-0.1, -0.05) is 15.9 Å². The van der Waals surface area contributed by atoms with Gasteiger partial charge in [-0.15, -0.1) is 0 Å². The van der Waals surface area contributed by atoms with Crippen LogP contribution in [0.5, 0.6) is 0 Å². The SMILES string of the molecule is O=C(NCCS)C1(c2cc(F)cc(Br)c2)CC1. The van der Waals surface area contributed by atoms with Gasteiger partial charge in [-0.05, 0) is 36.6 Å². The number of rotatable bonds is 4. The summed E-state index contributed by atoms with van der Waals surface area (Å²) in [5.74, 6) is 0.265. The van der Waals surface area contributed by atoms with E-state index in [-0.39, 0.29) is 11.7 Å². The molecule has 1 aliphatic carbocycles. The van der Waals surface area contributed by atoms with Crippen molar-refractivity contribution in [2.24, 2.45) is 0 Å². The number of hydrogen-bond acceptors (Lipinski definition) is 2. The van der Waals surface area contributed by atoms with Gasteiger partial charge < -0.3 is 5.32 Å². The zero-order valence-corrected chi connectivity index (χ0v) is 11.7. The van der Waals surface area contributed by atoms with Crippen molar-refractivity contribution in [3.63, 3.8) is 0 Å². The van der Waals surface area contributed by atoms with Gasteiger partial charge in [0.25, 0.3) is 0 Å². The molecule has 0 saturated heterocycles. The molecule has 1 aromatic rings. The van der Waals surface area contributed by atoms with E-state index in [0.717, 1.165) is 18.4 Å². The highest BCUT2D eigenvalue weighted by Crippen LogP contribution is 2.49. The predicted octanol–water partition coefficient (Wildman–Crippen LogP) is 2.67. The predicted molar refractivity (Wildman–Crippen MR) is 71.9 cm³/mol. The molecule has 5 heteroatoms. The zero-order valence-electron chi connectivity index (χ0n) is 9.17. The molecule has 0 radical (unpaired) electrons. The van der Waals surface area contributed by atoms with E-state index in [0.29, 0.717) is 16.8 Å². The third-order valence-corrected chi connectivity index (χ3v) is 3.68. The van der Waals surface area contributed by atoms with Crippen molar-refractivity contribution in [2.75, 3.05) is 12.3 Å². The second-order valence-electron chi connectivity index (χ2n) is 4.22. The van der Waals surface area contributed by atoms with Crippen LogP contribution < -0.4 is 5.32 Å². The van der Waals surface area contributed by atoms with Crippen molar-refractivity contribution < 1.29 is 9.18 Å². The van der Waals surface area contributed by atoms with Crippen molar-refractivity contribution in [2.45, 2.75) is 18.3 Å². The third kappa shape index (κ3) is 2.65. The van der Waals surface area contributed by atoms with Gasteiger partial charge in [0, 0.05) is 16.8 Å². The van der Waals surface area contributed by atoms with Crippen molar-refractivity contribution in [3.8, 4) is 0 Å². The largest absolute Gasteiger partial charge is 0.355 e. The van der Waals surface area contributed by atoms with E-state index >= 15 is 0 Å². The molecule has 0 aromatic heterocycles. The second kappa shape index (κ2) is 4.98. The van der Waals surface area contributed by atoms with E-state index < -0.39 is 5.41 Å². The highest BCUT2D eigenvalue weighted by atomic mass is 79.9. The lowest BCUT2D eigenvalue weighted by atomic mass is 9.95. The Morgan fingerprint density at radius 3 is 2.71 bits per heavy atom. The molecule has 1 amide bonds.